The molecule has 0 saturated heterocycles. The van der Waals surface area contributed by atoms with E-state index in [0.29, 0.717) is 17.1 Å². The van der Waals surface area contributed by atoms with Crippen molar-refractivity contribution < 1.29 is 23.8 Å². The average molecular weight is 386 g/mol. The average Bonchev–Trinajstić information content (AvgIpc) is 3.07. The van der Waals surface area contributed by atoms with Gasteiger partial charge in [0.15, 0.2) is 11.5 Å². The van der Waals surface area contributed by atoms with Crippen molar-refractivity contribution >= 4 is 11.9 Å². The number of aromatic nitrogens is 3. The van der Waals surface area contributed by atoms with E-state index in [-0.39, 0.29) is 29.1 Å². The van der Waals surface area contributed by atoms with E-state index in [1.54, 1.807) is 18.2 Å². The maximum Gasteiger partial charge on any atom is 0.341 e. The number of fused-ring (bicyclic) bond motifs is 1. The molecule has 0 aliphatic carbocycles. The molecule has 3 rings (SSSR count). The first-order chi connectivity index (χ1) is 13.5. The fourth-order valence-electron chi connectivity index (χ4n) is 2.72. The molecule has 10 nitrogen and oxygen atoms in total. The number of aromatic amines is 1. The minimum atomic E-state index is -0.681. The number of hydrogen-bond donors (Lipinski definition) is 2. The maximum atomic E-state index is 12.4. The largest absolute Gasteiger partial charge is 0.493 e. The SMILES string of the molecule is COC(=O)c1cn(NC(=O)Cc2ccc(OC)c(OC)c2)cc2c(=O)[nH]nc1-2. The van der Waals surface area contributed by atoms with Gasteiger partial charge >= 0.3 is 5.97 Å². The first-order valence-electron chi connectivity index (χ1n) is 8.16. The van der Waals surface area contributed by atoms with Crippen LogP contribution in [0, 0.1) is 0 Å². The van der Waals surface area contributed by atoms with Crippen LogP contribution in [0.15, 0.2) is 35.4 Å². The lowest BCUT2D eigenvalue weighted by molar-refractivity contribution is -0.116. The van der Waals surface area contributed by atoms with E-state index in [1.807, 2.05) is 0 Å². The monoisotopic (exact) mass is 386 g/mol. The van der Waals surface area contributed by atoms with Gasteiger partial charge in [0.25, 0.3) is 5.56 Å². The molecule has 2 heterocycles. The van der Waals surface area contributed by atoms with Crippen molar-refractivity contribution in [3.63, 3.8) is 0 Å². The molecular weight excluding hydrogens is 368 g/mol. The van der Waals surface area contributed by atoms with Crippen LogP contribution in [0.5, 0.6) is 11.5 Å². The number of ether oxygens (including phenoxy) is 3. The van der Waals surface area contributed by atoms with Crippen LogP contribution in [0.25, 0.3) is 11.3 Å². The van der Waals surface area contributed by atoms with Crippen LogP contribution in [0.1, 0.15) is 15.9 Å². The van der Waals surface area contributed by atoms with Gasteiger partial charge in [-0.3, -0.25) is 19.7 Å². The van der Waals surface area contributed by atoms with E-state index in [9.17, 15) is 14.4 Å². The smallest absolute Gasteiger partial charge is 0.341 e. The standard InChI is InChI=1S/C18H18N4O6/c1-26-13-5-4-10(6-14(13)27-2)7-15(23)21-22-8-11-16(19-20-17(11)24)12(9-22)18(25)28-3/h4-6,8-9H,7H2,1-3H3,(H,20,24)(H,21,23). The summed E-state index contributed by atoms with van der Waals surface area (Å²) in [6, 6.07) is 5.13. The molecule has 1 aromatic rings. The third-order valence-electron chi connectivity index (χ3n) is 4.03. The normalized spacial score (nSPS) is 10.5. The molecule has 0 radical (unpaired) electrons. The number of methoxy groups -OCH3 is 3. The number of pyridine rings is 1. The zero-order chi connectivity index (χ0) is 20.3. The molecule has 0 atom stereocenters. The van der Waals surface area contributed by atoms with E-state index in [0.717, 1.165) is 0 Å². The Morgan fingerprint density at radius 3 is 2.57 bits per heavy atom. The lowest BCUT2D eigenvalue weighted by atomic mass is 10.1. The van der Waals surface area contributed by atoms with Crippen molar-refractivity contribution in [1.82, 2.24) is 14.9 Å². The Bertz CT molecular complexity index is 1050. The van der Waals surface area contributed by atoms with Crippen LogP contribution in [0.2, 0.25) is 0 Å². The number of hydrogen-bond acceptors (Lipinski definition) is 7. The van der Waals surface area contributed by atoms with Crippen molar-refractivity contribution in [3.05, 3.63) is 52.1 Å². The van der Waals surface area contributed by atoms with Crippen molar-refractivity contribution in [2.75, 3.05) is 26.8 Å². The van der Waals surface area contributed by atoms with Crippen molar-refractivity contribution in [3.8, 4) is 22.8 Å². The number of benzene rings is 1. The fraction of sp³-hybridized carbons (Fsp3) is 0.222. The minimum Gasteiger partial charge on any atom is -0.493 e. The topological polar surface area (TPSA) is 125 Å². The molecule has 0 saturated carbocycles. The van der Waals surface area contributed by atoms with E-state index < -0.39 is 11.5 Å². The Balaban J connectivity index is 1.85. The first kappa shape index (κ1) is 19.0. The summed E-state index contributed by atoms with van der Waals surface area (Å²) in [5.74, 6) is 0.00435. The number of esters is 1. The fourth-order valence-corrected chi connectivity index (χ4v) is 2.72. The van der Waals surface area contributed by atoms with Crippen LogP contribution in [-0.2, 0) is 16.0 Å². The zero-order valence-electron chi connectivity index (χ0n) is 15.4. The molecule has 0 spiro atoms. The number of nitrogens with zero attached hydrogens (tertiary/aromatic N) is 2. The zero-order valence-corrected chi connectivity index (χ0v) is 15.4. The molecule has 1 aromatic carbocycles. The molecule has 0 fully saturated rings. The predicted octanol–water partition coefficient (Wildman–Crippen LogP) is 0.793. The van der Waals surface area contributed by atoms with Crippen LogP contribution >= 0.6 is 0 Å². The summed E-state index contributed by atoms with van der Waals surface area (Å²) in [7, 11) is 4.24. The van der Waals surface area contributed by atoms with Gasteiger partial charge < -0.3 is 14.2 Å². The summed E-state index contributed by atoms with van der Waals surface area (Å²) >= 11 is 0. The number of rotatable bonds is 6. The Morgan fingerprint density at radius 2 is 1.89 bits per heavy atom. The summed E-state index contributed by atoms with van der Waals surface area (Å²) < 4.78 is 16.3. The van der Waals surface area contributed by atoms with E-state index in [4.69, 9.17) is 14.2 Å². The summed E-state index contributed by atoms with van der Waals surface area (Å²) in [6.07, 6.45) is 2.75. The van der Waals surface area contributed by atoms with Gasteiger partial charge in [-0.1, -0.05) is 6.07 Å². The molecular formula is C18H18N4O6. The Labute approximate surface area is 159 Å². The molecule has 0 unspecified atom stereocenters. The molecule has 2 N–H and O–H groups in total. The molecule has 10 heteroatoms. The molecule has 28 heavy (non-hydrogen) atoms. The number of H-pyrrole nitrogens is 1. The van der Waals surface area contributed by atoms with Crippen LogP contribution < -0.4 is 20.5 Å². The second kappa shape index (κ2) is 7.82. The van der Waals surface area contributed by atoms with E-state index in [1.165, 1.54) is 38.4 Å². The van der Waals surface area contributed by atoms with Gasteiger partial charge in [0.2, 0.25) is 5.91 Å². The van der Waals surface area contributed by atoms with Gasteiger partial charge in [-0.05, 0) is 17.7 Å². The summed E-state index contributed by atoms with van der Waals surface area (Å²) in [5.41, 5.74) is 3.17. The first-order valence-corrected chi connectivity index (χ1v) is 8.16. The molecule has 0 bridgehead atoms. The van der Waals surface area contributed by atoms with Crippen LogP contribution in [-0.4, -0.2) is 48.1 Å². The highest BCUT2D eigenvalue weighted by molar-refractivity contribution is 5.96. The quantitative estimate of drug-likeness (QED) is 0.600. The number of carbonyl (C=O) groups excluding carboxylic acids is 2. The second-order valence-corrected chi connectivity index (χ2v) is 5.79. The van der Waals surface area contributed by atoms with Gasteiger partial charge in [0.1, 0.15) is 11.3 Å². The van der Waals surface area contributed by atoms with E-state index >= 15 is 0 Å². The molecule has 146 valence electrons. The lowest BCUT2D eigenvalue weighted by Crippen LogP contribution is -2.26. The van der Waals surface area contributed by atoms with Crippen LogP contribution in [0.4, 0.5) is 0 Å². The summed E-state index contributed by atoms with van der Waals surface area (Å²) in [5, 5.41) is 6.10. The van der Waals surface area contributed by atoms with Gasteiger partial charge in [-0.15, -0.1) is 0 Å². The third-order valence-corrected chi connectivity index (χ3v) is 4.03. The maximum absolute atomic E-state index is 12.4. The van der Waals surface area contributed by atoms with Gasteiger partial charge in [0.05, 0.1) is 33.3 Å². The number of carbonyl (C=O) groups is 2. The van der Waals surface area contributed by atoms with E-state index in [2.05, 4.69) is 15.6 Å². The highest BCUT2D eigenvalue weighted by Gasteiger charge is 2.22. The predicted molar refractivity (Wildman–Crippen MR) is 98.4 cm³/mol. The van der Waals surface area contributed by atoms with Gasteiger partial charge in [-0.25, -0.2) is 9.89 Å². The second-order valence-electron chi connectivity index (χ2n) is 5.79. The molecule has 2 aliphatic heterocycles. The van der Waals surface area contributed by atoms with Crippen LogP contribution in [0.3, 0.4) is 0 Å². The Morgan fingerprint density at radius 1 is 1.14 bits per heavy atom. The number of amides is 1. The van der Waals surface area contributed by atoms with Gasteiger partial charge in [0, 0.05) is 12.4 Å². The molecule has 1 amide bonds. The lowest BCUT2D eigenvalue weighted by Gasteiger charge is -2.13. The highest BCUT2D eigenvalue weighted by atomic mass is 16.5. The summed E-state index contributed by atoms with van der Waals surface area (Å²) in [6.45, 7) is 0. The summed E-state index contributed by atoms with van der Waals surface area (Å²) in [4.78, 5) is 36.3. The minimum absolute atomic E-state index is 0.0363. The third kappa shape index (κ3) is 3.65. The molecule has 0 aromatic heterocycles. The van der Waals surface area contributed by atoms with Crippen molar-refractivity contribution in [1.29, 1.82) is 0 Å². The van der Waals surface area contributed by atoms with Crippen molar-refractivity contribution in [2.24, 2.45) is 0 Å². The molecule has 2 aliphatic rings. The highest BCUT2D eigenvalue weighted by Crippen LogP contribution is 2.27. The van der Waals surface area contributed by atoms with Crippen molar-refractivity contribution in [2.45, 2.75) is 6.42 Å². The number of nitrogens with one attached hydrogen (secondary N) is 2. The van der Waals surface area contributed by atoms with Gasteiger partial charge in [-0.2, -0.15) is 5.10 Å². The Kier molecular flexibility index (Phi) is 5.30. The Hall–Kier alpha value is -3.82.